The van der Waals surface area contributed by atoms with Crippen LogP contribution in [0.4, 0.5) is 5.69 Å². The summed E-state index contributed by atoms with van der Waals surface area (Å²) in [5, 5.41) is 5.30. The lowest BCUT2D eigenvalue weighted by atomic mass is 10.2. The minimum absolute atomic E-state index is 0.0219. The van der Waals surface area contributed by atoms with Crippen LogP contribution < -0.4 is 15.4 Å². The van der Waals surface area contributed by atoms with Gasteiger partial charge in [0.15, 0.2) is 0 Å². The molecule has 0 heterocycles. The molecule has 110 valence electrons. The normalized spacial score (nSPS) is 10.5. The molecule has 1 rings (SSSR count). The molecule has 1 aromatic carbocycles. The molecule has 5 nitrogen and oxygen atoms in total. The van der Waals surface area contributed by atoms with Crippen molar-refractivity contribution in [1.82, 2.24) is 5.32 Å². The molecule has 0 unspecified atom stereocenters. The average molecular weight is 278 g/mol. The second kappa shape index (κ2) is 7.53. The van der Waals surface area contributed by atoms with E-state index >= 15 is 0 Å². The second-order valence-corrected chi connectivity index (χ2v) is 5.08. The van der Waals surface area contributed by atoms with Crippen molar-refractivity contribution in [2.45, 2.75) is 33.8 Å². The Bertz CT molecular complexity index is 470. The molecular weight excluding hydrogens is 256 g/mol. The fraction of sp³-hybridized carbons (Fsp3) is 0.467. The summed E-state index contributed by atoms with van der Waals surface area (Å²) < 4.78 is 5.61. The van der Waals surface area contributed by atoms with Gasteiger partial charge in [-0.3, -0.25) is 9.59 Å². The number of benzene rings is 1. The van der Waals surface area contributed by atoms with Crippen LogP contribution in [0.1, 0.15) is 27.7 Å². The van der Waals surface area contributed by atoms with Gasteiger partial charge in [0, 0.05) is 5.92 Å². The van der Waals surface area contributed by atoms with E-state index in [1.165, 1.54) is 0 Å². The van der Waals surface area contributed by atoms with Gasteiger partial charge in [-0.15, -0.1) is 0 Å². The molecule has 0 bridgehead atoms. The Labute approximate surface area is 119 Å². The molecule has 0 radical (unpaired) electrons. The van der Waals surface area contributed by atoms with E-state index in [0.29, 0.717) is 11.4 Å². The summed E-state index contributed by atoms with van der Waals surface area (Å²) in [5.41, 5.74) is 0.602. The highest BCUT2D eigenvalue weighted by atomic mass is 16.5. The summed E-state index contributed by atoms with van der Waals surface area (Å²) >= 11 is 0. The van der Waals surface area contributed by atoms with Crippen LogP contribution in [-0.4, -0.2) is 24.5 Å². The van der Waals surface area contributed by atoms with E-state index in [4.69, 9.17) is 4.74 Å². The monoisotopic (exact) mass is 278 g/mol. The third kappa shape index (κ3) is 5.30. The summed E-state index contributed by atoms with van der Waals surface area (Å²) in [6, 6.07) is 7.21. The smallest absolute Gasteiger partial charge is 0.243 e. The van der Waals surface area contributed by atoms with Crippen molar-refractivity contribution >= 4 is 17.5 Å². The van der Waals surface area contributed by atoms with Crippen LogP contribution in [0, 0.1) is 5.92 Å². The predicted octanol–water partition coefficient (Wildman–Crippen LogP) is 2.18. The van der Waals surface area contributed by atoms with Gasteiger partial charge >= 0.3 is 0 Å². The molecule has 0 atom stereocenters. The van der Waals surface area contributed by atoms with E-state index in [-0.39, 0.29) is 30.4 Å². The van der Waals surface area contributed by atoms with Gasteiger partial charge in [0.05, 0.1) is 18.3 Å². The standard InChI is InChI=1S/C15H22N2O3/c1-10(2)15(19)16-9-14(18)17-12-7-5-6-8-13(12)20-11(3)4/h5-8,10-11H,9H2,1-4H3,(H,16,19)(H,17,18). The van der Waals surface area contributed by atoms with Gasteiger partial charge in [0.1, 0.15) is 5.75 Å². The van der Waals surface area contributed by atoms with E-state index in [1.54, 1.807) is 26.0 Å². The van der Waals surface area contributed by atoms with E-state index in [1.807, 2.05) is 26.0 Å². The van der Waals surface area contributed by atoms with Crippen molar-refractivity contribution in [3.05, 3.63) is 24.3 Å². The molecule has 0 aromatic heterocycles. The van der Waals surface area contributed by atoms with Gasteiger partial charge in [0.25, 0.3) is 0 Å². The molecule has 0 fully saturated rings. The van der Waals surface area contributed by atoms with Gasteiger partial charge in [0.2, 0.25) is 11.8 Å². The highest BCUT2D eigenvalue weighted by molar-refractivity contribution is 5.95. The zero-order valence-electron chi connectivity index (χ0n) is 12.4. The van der Waals surface area contributed by atoms with Crippen molar-refractivity contribution in [3.8, 4) is 5.75 Å². The Morgan fingerprint density at radius 1 is 1.15 bits per heavy atom. The zero-order chi connectivity index (χ0) is 15.1. The number of carbonyl (C=O) groups excluding carboxylic acids is 2. The number of hydrogen-bond acceptors (Lipinski definition) is 3. The minimum Gasteiger partial charge on any atom is -0.489 e. The number of rotatable bonds is 6. The van der Waals surface area contributed by atoms with Gasteiger partial charge in [-0.2, -0.15) is 0 Å². The van der Waals surface area contributed by atoms with Crippen molar-refractivity contribution < 1.29 is 14.3 Å². The molecule has 0 saturated heterocycles. The summed E-state index contributed by atoms with van der Waals surface area (Å²) in [7, 11) is 0. The maximum absolute atomic E-state index is 11.8. The first-order chi connectivity index (χ1) is 9.40. The fourth-order valence-electron chi connectivity index (χ4n) is 1.49. The lowest BCUT2D eigenvalue weighted by Crippen LogP contribution is -2.35. The molecule has 0 saturated carbocycles. The van der Waals surface area contributed by atoms with E-state index in [2.05, 4.69) is 10.6 Å². The van der Waals surface area contributed by atoms with Gasteiger partial charge < -0.3 is 15.4 Å². The maximum atomic E-state index is 11.8. The number of hydrogen-bond donors (Lipinski definition) is 2. The van der Waals surface area contributed by atoms with Gasteiger partial charge in [-0.05, 0) is 26.0 Å². The molecule has 20 heavy (non-hydrogen) atoms. The van der Waals surface area contributed by atoms with Crippen LogP contribution in [0.15, 0.2) is 24.3 Å². The lowest BCUT2D eigenvalue weighted by Gasteiger charge is -2.15. The number of para-hydroxylation sites is 2. The Morgan fingerprint density at radius 3 is 2.40 bits per heavy atom. The van der Waals surface area contributed by atoms with E-state index < -0.39 is 0 Å². The van der Waals surface area contributed by atoms with Crippen LogP contribution in [-0.2, 0) is 9.59 Å². The van der Waals surface area contributed by atoms with Crippen molar-refractivity contribution in [2.75, 3.05) is 11.9 Å². The molecule has 0 aliphatic rings. The van der Waals surface area contributed by atoms with Crippen molar-refractivity contribution in [3.63, 3.8) is 0 Å². The molecule has 2 N–H and O–H groups in total. The number of amides is 2. The molecule has 0 aliphatic heterocycles. The SMILES string of the molecule is CC(C)Oc1ccccc1NC(=O)CNC(=O)C(C)C. The summed E-state index contributed by atoms with van der Waals surface area (Å²) in [5.74, 6) is 0.0519. The van der Waals surface area contributed by atoms with Crippen molar-refractivity contribution in [1.29, 1.82) is 0 Å². The molecule has 1 aromatic rings. The number of carbonyl (C=O) groups is 2. The molecule has 2 amide bonds. The Balaban J connectivity index is 2.59. The third-order valence-corrected chi connectivity index (χ3v) is 2.47. The van der Waals surface area contributed by atoms with Crippen LogP contribution in [0.3, 0.4) is 0 Å². The molecule has 0 spiro atoms. The van der Waals surface area contributed by atoms with Gasteiger partial charge in [-0.25, -0.2) is 0 Å². The summed E-state index contributed by atoms with van der Waals surface area (Å²) in [6.07, 6.45) is 0.0219. The predicted molar refractivity (Wildman–Crippen MR) is 78.7 cm³/mol. The molecular formula is C15H22N2O3. The zero-order valence-corrected chi connectivity index (χ0v) is 12.4. The lowest BCUT2D eigenvalue weighted by molar-refractivity contribution is -0.126. The van der Waals surface area contributed by atoms with E-state index in [0.717, 1.165) is 0 Å². The topological polar surface area (TPSA) is 67.4 Å². The Morgan fingerprint density at radius 2 is 1.80 bits per heavy atom. The quantitative estimate of drug-likeness (QED) is 0.838. The highest BCUT2D eigenvalue weighted by Gasteiger charge is 2.11. The van der Waals surface area contributed by atoms with Crippen LogP contribution in [0.2, 0.25) is 0 Å². The average Bonchev–Trinajstić information content (AvgIpc) is 2.37. The van der Waals surface area contributed by atoms with Gasteiger partial charge in [-0.1, -0.05) is 26.0 Å². The Kier molecular flexibility index (Phi) is 6.03. The number of nitrogens with one attached hydrogen (secondary N) is 2. The maximum Gasteiger partial charge on any atom is 0.243 e. The number of anilines is 1. The first-order valence-corrected chi connectivity index (χ1v) is 6.73. The first-order valence-electron chi connectivity index (χ1n) is 6.73. The van der Waals surface area contributed by atoms with Crippen LogP contribution in [0.25, 0.3) is 0 Å². The molecule has 5 heteroatoms. The summed E-state index contributed by atoms with van der Waals surface area (Å²) in [6.45, 7) is 7.34. The van der Waals surface area contributed by atoms with E-state index in [9.17, 15) is 9.59 Å². The third-order valence-electron chi connectivity index (χ3n) is 2.47. The minimum atomic E-state index is -0.279. The first kappa shape index (κ1) is 16.0. The molecule has 0 aliphatic carbocycles. The second-order valence-electron chi connectivity index (χ2n) is 5.08. The van der Waals surface area contributed by atoms with Crippen LogP contribution >= 0.6 is 0 Å². The summed E-state index contributed by atoms with van der Waals surface area (Å²) in [4.78, 5) is 23.2. The highest BCUT2D eigenvalue weighted by Crippen LogP contribution is 2.24. The fourth-order valence-corrected chi connectivity index (χ4v) is 1.49. The Hall–Kier alpha value is -2.04. The number of ether oxygens (including phenoxy) is 1. The van der Waals surface area contributed by atoms with Crippen LogP contribution in [0.5, 0.6) is 5.75 Å². The van der Waals surface area contributed by atoms with Crippen molar-refractivity contribution in [2.24, 2.45) is 5.92 Å². The largest absolute Gasteiger partial charge is 0.489 e.